The fourth-order valence-electron chi connectivity index (χ4n) is 2.76. The highest BCUT2D eigenvalue weighted by molar-refractivity contribution is 5.98. The van der Waals surface area contributed by atoms with Gasteiger partial charge in [-0.3, -0.25) is 14.4 Å². The van der Waals surface area contributed by atoms with E-state index >= 15 is 0 Å². The average molecular weight is 390 g/mol. The third-order valence-corrected chi connectivity index (χ3v) is 4.40. The molecule has 0 aliphatic heterocycles. The van der Waals surface area contributed by atoms with Gasteiger partial charge in [0.25, 0.3) is 11.8 Å². The smallest absolute Gasteiger partial charge is 0.326 e. The average Bonchev–Trinajstić information content (AvgIpc) is 2.72. The number of benzene rings is 3. The van der Waals surface area contributed by atoms with Gasteiger partial charge in [0.1, 0.15) is 6.54 Å². The summed E-state index contributed by atoms with van der Waals surface area (Å²) in [6.07, 6.45) is -0.995. The van der Waals surface area contributed by atoms with Crippen LogP contribution in [0.3, 0.4) is 0 Å². The van der Waals surface area contributed by atoms with Gasteiger partial charge in [0.2, 0.25) is 0 Å². The van der Waals surface area contributed by atoms with Gasteiger partial charge in [0.15, 0.2) is 6.10 Å². The first-order chi connectivity index (χ1) is 13.9. The number of amides is 2. The summed E-state index contributed by atoms with van der Waals surface area (Å²) in [5, 5.41) is 7.28. The maximum atomic E-state index is 12.3. The highest BCUT2D eigenvalue weighted by Gasteiger charge is 2.18. The van der Waals surface area contributed by atoms with Crippen LogP contribution in [0, 0.1) is 6.92 Å². The van der Waals surface area contributed by atoms with E-state index in [2.05, 4.69) is 10.6 Å². The standard InChI is InChI=1S/C23H22N2O4/c1-15-7-9-18(10-8-15)23(28)24-14-21(26)29-16(2)22(27)25-20-12-11-17-5-3-4-6-19(17)13-20/h3-13,16H,14H2,1-2H3,(H,24,28)(H,25,27)/t16-/m0/s1. The summed E-state index contributed by atoms with van der Waals surface area (Å²) in [7, 11) is 0. The maximum Gasteiger partial charge on any atom is 0.326 e. The number of nitrogens with one attached hydrogen (secondary N) is 2. The van der Waals surface area contributed by atoms with Crippen LogP contribution in [0.1, 0.15) is 22.8 Å². The first-order valence-electron chi connectivity index (χ1n) is 9.26. The lowest BCUT2D eigenvalue weighted by atomic mass is 10.1. The van der Waals surface area contributed by atoms with E-state index in [1.54, 1.807) is 18.2 Å². The molecule has 3 aromatic rings. The molecule has 0 aliphatic carbocycles. The maximum absolute atomic E-state index is 12.3. The van der Waals surface area contributed by atoms with Crippen LogP contribution in [-0.2, 0) is 14.3 Å². The minimum Gasteiger partial charge on any atom is -0.451 e. The molecule has 29 heavy (non-hydrogen) atoms. The molecule has 0 saturated carbocycles. The Labute approximate surface area is 168 Å². The molecule has 0 fully saturated rings. The van der Waals surface area contributed by atoms with Crippen molar-refractivity contribution < 1.29 is 19.1 Å². The highest BCUT2D eigenvalue weighted by atomic mass is 16.5. The second kappa shape index (κ2) is 9.01. The molecule has 0 unspecified atom stereocenters. The van der Waals surface area contributed by atoms with Gasteiger partial charge in [-0.2, -0.15) is 0 Å². The van der Waals surface area contributed by atoms with Gasteiger partial charge < -0.3 is 15.4 Å². The van der Waals surface area contributed by atoms with Gasteiger partial charge in [-0.25, -0.2) is 0 Å². The van der Waals surface area contributed by atoms with Crippen molar-refractivity contribution in [1.29, 1.82) is 0 Å². The van der Waals surface area contributed by atoms with Crippen molar-refractivity contribution in [2.45, 2.75) is 20.0 Å². The van der Waals surface area contributed by atoms with E-state index in [0.717, 1.165) is 16.3 Å². The summed E-state index contributed by atoms with van der Waals surface area (Å²) in [6, 6.07) is 20.3. The first kappa shape index (κ1) is 20.1. The zero-order valence-corrected chi connectivity index (χ0v) is 16.3. The van der Waals surface area contributed by atoms with Gasteiger partial charge in [-0.15, -0.1) is 0 Å². The second-order valence-electron chi connectivity index (χ2n) is 6.73. The molecule has 0 spiro atoms. The predicted molar refractivity (Wildman–Crippen MR) is 112 cm³/mol. The van der Waals surface area contributed by atoms with Crippen LogP contribution in [-0.4, -0.2) is 30.4 Å². The number of hydrogen-bond acceptors (Lipinski definition) is 4. The van der Waals surface area contributed by atoms with Crippen molar-refractivity contribution in [3.63, 3.8) is 0 Å². The van der Waals surface area contributed by atoms with Crippen LogP contribution in [0.4, 0.5) is 5.69 Å². The van der Waals surface area contributed by atoms with Crippen molar-refractivity contribution in [2.24, 2.45) is 0 Å². The van der Waals surface area contributed by atoms with Crippen LogP contribution in [0.25, 0.3) is 10.8 Å². The summed E-state index contributed by atoms with van der Waals surface area (Å²) in [5.74, 6) is -1.51. The Kier molecular flexibility index (Phi) is 6.24. The topological polar surface area (TPSA) is 84.5 Å². The monoisotopic (exact) mass is 390 g/mol. The number of carbonyl (C=O) groups excluding carboxylic acids is 3. The highest BCUT2D eigenvalue weighted by Crippen LogP contribution is 2.19. The number of esters is 1. The molecule has 148 valence electrons. The Balaban J connectivity index is 1.49. The summed E-state index contributed by atoms with van der Waals surface area (Å²) in [4.78, 5) is 36.3. The molecule has 0 aliphatic rings. The molecule has 0 bridgehead atoms. The van der Waals surface area contributed by atoms with Gasteiger partial charge in [-0.05, 0) is 48.9 Å². The van der Waals surface area contributed by atoms with Crippen LogP contribution < -0.4 is 10.6 Å². The zero-order valence-electron chi connectivity index (χ0n) is 16.3. The molecule has 6 heteroatoms. The number of anilines is 1. The molecule has 3 aromatic carbocycles. The quantitative estimate of drug-likeness (QED) is 0.632. The van der Waals surface area contributed by atoms with Crippen molar-refractivity contribution >= 4 is 34.2 Å². The minimum atomic E-state index is -0.995. The van der Waals surface area contributed by atoms with Crippen LogP contribution in [0.2, 0.25) is 0 Å². The largest absolute Gasteiger partial charge is 0.451 e. The molecular formula is C23H22N2O4. The fraction of sp³-hybridized carbons (Fsp3) is 0.174. The van der Waals surface area contributed by atoms with E-state index in [-0.39, 0.29) is 12.5 Å². The fourth-order valence-corrected chi connectivity index (χ4v) is 2.76. The predicted octanol–water partition coefficient (Wildman–Crippen LogP) is 3.45. The molecule has 2 amide bonds. The molecule has 1 atom stereocenters. The third-order valence-electron chi connectivity index (χ3n) is 4.40. The van der Waals surface area contributed by atoms with Crippen LogP contribution in [0.5, 0.6) is 0 Å². The van der Waals surface area contributed by atoms with E-state index in [9.17, 15) is 14.4 Å². The third kappa shape index (κ3) is 5.42. The molecule has 0 saturated heterocycles. The van der Waals surface area contributed by atoms with E-state index in [0.29, 0.717) is 11.3 Å². The second-order valence-corrected chi connectivity index (χ2v) is 6.73. The Morgan fingerprint density at radius 3 is 2.34 bits per heavy atom. The molecule has 0 aromatic heterocycles. The van der Waals surface area contributed by atoms with Gasteiger partial charge >= 0.3 is 5.97 Å². The normalized spacial score (nSPS) is 11.5. The van der Waals surface area contributed by atoms with Crippen LogP contribution >= 0.6 is 0 Å². The van der Waals surface area contributed by atoms with Crippen molar-refractivity contribution in [3.8, 4) is 0 Å². The number of fused-ring (bicyclic) bond motifs is 1. The van der Waals surface area contributed by atoms with Gasteiger partial charge in [0.05, 0.1) is 0 Å². The van der Waals surface area contributed by atoms with E-state index < -0.39 is 18.0 Å². The SMILES string of the molecule is Cc1ccc(C(=O)NCC(=O)O[C@@H](C)C(=O)Nc2ccc3ccccc3c2)cc1. The van der Waals surface area contributed by atoms with Gasteiger partial charge in [-0.1, -0.05) is 48.0 Å². The van der Waals surface area contributed by atoms with Crippen LogP contribution in [0.15, 0.2) is 66.7 Å². The minimum absolute atomic E-state index is 0.319. The number of ether oxygens (including phenoxy) is 1. The number of carbonyl (C=O) groups is 3. The summed E-state index contributed by atoms with van der Waals surface area (Å²) >= 11 is 0. The number of aryl methyl sites for hydroxylation is 1. The molecule has 0 heterocycles. The van der Waals surface area contributed by atoms with E-state index in [1.807, 2.05) is 55.5 Å². The molecule has 2 N–H and O–H groups in total. The number of hydrogen-bond donors (Lipinski definition) is 2. The Bertz CT molecular complexity index is 1040. The lowest BCUT2D eigenvalue weighted by molar-refractivity contribution is -0.152. The zero-order chi connectivity index (χ0) is 20.8. The lowest BCUT2D eigenvalue weighted by Gasteiger charge is -2.14. The van der Waals surface area contributed by atoms with Crippen molar-refractivity contribution in [1.82, 2.24) is 5.32 Å². The Morgan fingerprint density at radius 1 is 0.931 bits per heavy atom. The molecule has 6 nitrogen and oxygen atoms in total. The molecule has 3 rings (SSSR count). The van der Waals surface area contributed by atoms with Crippen molar-refractivity contribution in [3.05, 3.63) is 77.9 Å². The van der Waals surface area contributed by atoms with E-state index in [1.165, 1.54) is 6.92 Å². The first-order valence-corrected chi connectivity index (χ1v) is 9.26. The van der Waals surface area contributed by atoms with Crippen molar-refractivity contribution in [2.75, 3.05) is 11.9 Å². The molecular weight excluding hydrogens is 368 g/mol. The Morgan fingerprint density at radius 2 is 1.62 bits per heavy atom. The van der Waals surface area contributed by atoms with Gasteiger partial charge in [0, 0.05) is 11.3 Å². The van der Waals surface area contributed by atoms with E-state index in [4.69, 9.17) is 4.74 Å². The summed E-state index contributed by atoms with van der Waals surface area (Å²) in [6.45, 7) is 3.08. The Hall–Kier alpha value is -3.67. The lowest BCUT2D eigenvalue weighted by Crippen LogP contribution is -2.35. The molecule has 0 radical (unpaired) electrons. The number of rotatable bonds is 6. The summed E-state index contributed by atoms with van der Waals surface area (Å²) in [5.41, 5.74) is 2.10. The summed E-state index contributed by atoms with van der Waals surface area (Å²) < 4.78 is 5.11.